The zero-order chi connectivity index (χ0) is 19.8. The summed E-state index contributed by atoms with van der Waals surface area (Å²) in [6.45, 7) is 1.81. The Kier molecular flexibility index (Phi) is 5.51. The van der Waals surface area contributed by atoms with Gasteiger partial charge in [0, 0.05) is 16.3 Å². The number of thiophene rings is 1. The van der Waals surface area contributed by atoms with Crippen molar-refractivity contribution in [3.8, 4) is 0 Å². The Morgan fingerprint density at radius 1 is 1.11 bits per heavy atom. The average Bonchev–Trinajstić information content (AvgIpc) is 2.96. The molecule has 3 nitrogen and oxygen atoms in total. The van der Waals surface area contributed by atoms with Gasteiger partial charge in [-0.25, -0.2) is 9.97 Å². The molecule has 144 valence electrons. The van der Waals surface area contributed by atoms with E-state index in [1.807, 2.05) is 0 Å². The van der Waals surface area contributed by atoms with Crippen LogP contribution in [0.5, 0.6) is 0 Å². The van der Waals surface area contributed by atoms with E-state index in [9.17, 15) is 22.0 Å². The third kappa shape index (κ3) is 4.27. The first-order valence-electron chi connectivity index (χ1n) is 7.46. The standard InChI is InChI=1S/C16H11ClF5N3S2/c1-8(25-13-12-11(17)6-26-14(12)24-7-23-13)9-2-4-10(5-3-9)27-16(21,22)15(18,19)20/h2-8H,1H3,(H,23,24,25). The van der Waals surface area contributed by atoms with Gasteiger partial charge in [0.1, 0.15) is 17.0 Å². The predicted molar refractivity (Wildman–Crippen MR) is 97.8 cm³/mol. The Hall–Kier alpha value is -1.65. The van der Waals surface area contributed by atoms with E-state index in [2.05, 4.69) is 15.3 Å². The number of rotatable bonds is 5. The molecule has 3 aromatic rings. The van der Waals surface area contributed by atoms with E-state index in [-0.39, 0.29) is 10.9 Å². The van der Waals surface area contributed by atoms with Crippen LogP contribution in [0, 0.1) is 0 Å². The van der Waals surface area contributed by atoms with Crippen LogP contribution in [0.15, 0.2) is 40.9 Å². The Morgan fingerprint density at radius 3 is 2.41 bits per heavy atom. The van der Waals surface area contributed by atoms with Crippen molar-refractivity contribution < 1.29 is 22.0 Å². The molecule has 1 aromatic carbocycles. The van der Waals surface area contributed by atoms with Gasteiger partial charge in [-0.05, 0) is 36.4 Å². The van der Waals surface area contributed by atoms with Gasteiger partial charge in [0.25, 0.3) is 0 Å². The second kappa shape index (κ2) is 7.40. The molecule has 1 N–H and O–H groups in total. The lowest BCUT2D eigenvalue weighted by molar-refractivity contribution is -0.237. The maximum Gasteiger partial charge on any atom is 0.464 e. The third-order valence-electron chi connectivity index (χ3n) is 3.63. The highest BCUT2D eigenvalue weighted by Crippen LogP contribution is 2.47. The zero-order valence-corrected chi connectivity index (χ0v) is 15.9. The first-order chi connectivity index (χ1) is 12.6. The minimum absolute atomic E-state index is 0.182. The summed E-state index contributed by atoms with van der Waals surface area (Å²) in [5.41, 5.74) is 0.688. The summed E-state index contributed by atoms with van der Waals surface area (Å²) in [7, 11) is 0. The van der Waals surface area contributed by atoms with E-state index in [1.54, 1.807) is 12.3 Å². The number of hydrogen-bond donors (Lipinski definition) is 1. The molecule has 27 heavy (non-hydrogen) atoms. The highest BCUT2D eigenvalue weighted by Gasteiger charge is 2.58. The number of benzene rings is 1. The van der Waals surface area contributed by atoms with E-state index in [0.717, 1.165) is 0 Å². The summed E-state index contributed by atoms with van der Waals surface area (Å²) in [6.07, 6.45) is -4.22. The molecule has 1 unspecified atom stereocenters. The van der Waals surface area contributed by atoms with Crippen molar-refractivity contribution in [2.75, 3.05) is 5.32 Å². The van der Waals surface area contributed by atoms with E-state index in [4.69, 9.17) is 11.6 Å². The maximum absolute atomic E-state index is 13.1. The second-order valence-electron chi connectivity index (χ2n) is 5.54. The van der Waals surface area contributed by atoms with Crippen molar-refractivity contribution in [2.45, 2.75) is 29.3 Å². The number of anilines is 1. The van der Waals surface area contributed by atoms with Crippen molar-refractivity contribution in [1.82, 2.24) is 9.97 Å². The molecule has 3 rings (SSSR count). The summed E-state index contributed by atoms with van der Waals surface area (Å²) in [5.74, 6) is 0.515. The van der Waals surface area contributed by atoms with Crippen LogP contribution in [-0.4, -0.2) is 21.4 Å². The number of hydrogen-bond acceptors (Lipinski definition) is 5. The summed E-state index contributed by atoms with van der Waals surface area (Å²) in [6, 6.07) is 5.14. The van der Waals surface area contributed by atoms with E-state index in [1.165, 1.54) is 41.9 Å². The number of nitrogens with zero attached hydrogens (tertiary/aromatic N) is 2. The highest BCUT2D eigenvalue weighted by atomic mass is 35.5. The monoisotopic (exact) mass is 439 g/mol. The minimum Gasteiger partial charge on any atom is -0.363 e. The molecule has 0 amide bonds. The summed E-state index contributed by atoms with van der Waals surface area (Å²) in [5, 5.41) is 1.23. The van der Waals surface area contributed by atoms with Crippen LogP contribution in [-0.2, 0) is 0 Å². The fourth-order valence-corrected chi connectivity index (χ4v) is 4.09. The summed E-state index contributed by atoms with van der Waals surface area (Å²) in [4.78, 5) is 8.83. The number of halogens is 6. The van der Waals surface area contributed by atoms with Crippen LogP contribution in [0.1, 0.15) is 18.5 Å². The Morgan fingerprint density at radius 2 is 1.78 bits per heavy atom. The van der Waals surface area contributed by atoms with Gasteiger partial charge in [-0.3, -0.25) is 0 Å². The van der Waals surface area contributed by atoms with E-state index < -0.39 is 23.2 Å². The predicted octanol–water partition coefficient (Wildman–Crippen LogP) is 6.77. The fourth-order valence-electron chi connectivity index (χ4n) is 2.27. The van der Waals surface area contributed by atoms with Gasteiger partial charge in [0.15, 0.2) is 0 Å². The van der Waals surface area contributed by atoms with Crippen LogP contribution < -0.4 is 5.32 Å². The Labute approximate surface area is 164 Å². The molecule has 0 saturated heterocycles. The molecular formula is C16H11ClF5N3S2. The van der Waals surface area contributed by atoms with Gasteiger partial charge in [-0.1, -0.05) is 23.7 Å². The van der Waals surface area contributed by atoms with Crippen molar-refractivity contribution >= 4 is 50.7 Å². The van der Waals surface area contributed by atoms with Crippen LogP contribution >= 0.6 is 34.7 Å². The molecular weight excluding hydrogens is 429 g/mol. The van der Waals surface area contributed by atoms with Crippen LogP contribution in [0.2, 0.25) is 5.02 Å². The van der Waals surface area contributed by atoms with Crippen molar-refractivity contribution in [1.29, 1.82) is 0 Å². The van der Waals surface area contributed by atoms with Gasteiger partial charge in [0.2, 0.25) is 0 Å². The first-order valence-corrected chi connectivity index (χ1v) is 9.53. The molecule has 0 radical (unpaired) electrons. The normalized spacial score (nSPS) is 13.7. The quantitative estimate of drug-likeness (QED) is 0.352. The number of thioether (sulfide) groups is 1. The summed E-state index contributed by atoms with van der Waals surface area (Å²) < 4.78 is 63.1. The van der Waals surface area contributed by atoms with Crippen molar-refractivity contribution in [3.05, 3.63) is 46.6 Å². The second-order valence-corrected chi connectivity index (χ2v) is 7.99. The molecule has 0 spiro atoms. The Bertz CT molecular complexity index is 943. The maximum atomic E-state index is 13.1. The number of alkyl halides is 5. The number of aromatic nitrogens is 2. The van der Waals surface area contributed by atoms with Crippen LogP contribution in [0.25, 0.3) is 10.2 Å². The fraction of sp³-hybridized carbons (Fsp3) is 0.250. The average molecular weight is 440 g/mol. The molecule has 0 fully saturated rings. The molecule has 2 aromatic heterocycles. The summed E-state index contributed by atoms with van der Waals surface area (Å²) >= 11 is 6.99. The molecule has 11 heteroatoms. The molecule has 0 bridgehead atoms. The molecule has 0 aliphatic rings. The number of fused-ring (bicyclic) bond motifs is 1. The van der Waals surface area contributed by atoms with Gasteiger partial charge in [0.05, 0.1) is 10.4 Å². The minimum atomic E-state index is -5.61. The third-order valence-corrected chi connectivity index (χ3v) is 5.94. The lowest BCUT2D eigenvalue weighted by Crippen LogP contribution is -2.32. The van der Waals surface area contributed by atoms with Crippen LogP contribution in [0.4, 0.5) is 27.8 Å². The molecule has 1 atom stereocenters. The Balaban J connectivity index is 1.76. The van der Waals surface area contributed by atoms with E-state index in [0.29, 0.717) is 26.6 Å². The van der Waals surface area contributed by atoms with E-state index >= 15 is 0 Å². The lowest BCUT2D eigenvalue weighted by atomic mass is 10.1. The van der Waals surface area contributed by atoms with Crippen molar-refractivity contribution in [2.24, 2.45) is 0 Å². The largest absolute Gasteiger partial charge is 0.464 e. The molecule has 0 saturated carbocycles. The smallest absolute Gasteiger partial charge is 0.363 e. The number of nitrogens with one attached hydrogen (secondary N) is 1. The molecule has 0 aliphatic carbocycles. The van der Waals surface area contributed by atoms with Crippen LogP contribution in [0.3, 0.4) is 0 Å². The highest BCUT2D eigenvalue weighted by molar-refractivity contribution is 8.00. The van der Waals surface area contributed by atoms with Gasteiger partial charge < -0.3 is 5.32 Å². The zero-order valence-electron chi connectivity index (χ0n) is 13.5. The lowest BCUT2D eigenvalue weighted by Gasteiger charge is -2.19. The van der Waals surface area contributed by atoms with Gasteiger partial charge in [-0.2, -0.15) is 22.0 Å². The van der Waals surface area contributed by atoms with Gasteiger partial charge >= 0.3 is 11.4 Å². The SMILES string of the molecule is CC(Nc1ncnc2scc(Cl)c12)c1ccc(SC(F)(F)C(F)(F)F)cc1. The van der Waals surface area contributed by atoms with Crippen molar-refractivity contribution in [3.63, 3.8) is 0 Å². The molecule has 0 aliphatic heterocycles. The first kappa shape index (κ1) is 20.1. The van der Waals surface area contributed by atoms with Gasteiger partial charge in [-0.15, -0.1) is 11.3 Å². The topological polar surface area (TPSA) is 37.8 Å². The molecule has 2 heterocycles.